The van der Waals surface area contributed by atoms with Crippen LogP contribution >= 0.6 is 11.8 Å². The Kier molecular flexibility index (Phi) is 6.03. The van der Waals surface area contributed by atoms with Gasteiger partial charge in [-0.1, -0.05) is 11.8 Å². The molecule has 1 aliphatic rings. The van der Waals surface area contributed by atoms with Crippen LogP contribution in [-0.4, -0.2) is 33.9 Å². The average molecular weight is 333 g/mol. The third kappa shape index (κ3) is 4.46. The molecule has 0 aromatic carbocycles. The van der Waals surface area contributed by atoms with Crippen molar-refractivity contribution in [3.8, 4) is 6.07 Å². The van der Waals surface area contributed by atoms with Crippen LogP contribution in [0.1, 0.15) is 48.1 Å². The van der Waals surface area contributed by atoms with E-state index in [1.54, 1.807) is 0 Å². The first-order valence-electron chi connectivity index (χ1n) is 7.90. The Morgan fingerprint density at radius 1 is 1.30 bits per heavy atom. The van der Waals surface area contributed by atoms with Crippen molar-refractivity contribution in [2.75, 3.05) is 5.75 Å². The number of amides is 1. The van der Waals surface area contributed by atoms with E-state index in [1.165, 1.54) is 11.8 Å². The van der Waals surface area contributed by atoms with Crippen LogP contribution < -0.4 is 5.32 Å². The first kappa shape index (κ1) is 17.8. The van der Waals surface area contributed by atoms with Crippen LogP contribution in [0.2, 0.25) is 0 Å². The third-order valence-corrected chi connectivity index (χ3v) is 5.45. The molecule has 1 aromatic heterocycles. The number of aryl methyl sites for hydroxylation is 1. The van der Waals surface area contributed by atoms with Gasteiger partial charge in [0.2, 0.25) is 5.91 Å². The topological polar surface area (TPSA) is 86.0 Å². The van der Waals surface area contributed by atoms with Crippen LogP contribution in [0.25, 0.3) is 0 Å². The van der Waals surface area contributed by atoms with Gasteiger partial charge in [0, 0.05) is 11.7 Å². The zero-order chi connectivity index (χ0) is 17.0. The maximum atomic E-state index is 12.1. The molecule has 1 aliphatic carbocycles. The molecule has 23 heavy (non-hydrogen) atoms. The Morgan fingerprint density at radius 2 is 1.96 bits per heavy atom. The second kappa shape index (κ2) is 7.80. The first-order valence-corrected chi connectivity index (χ1v) is 8.89. The molecular weight excluding hydrogens is 310 g/mol. The van der Waals surface area contributed by atoms with Crippen LogP contribution in [-0.2, 0) is 4.79 Å². The number of pyridine rings is 1. The van der Waals surface area contributed by atoms with E-state index in [-0.39, 0.29) is 23.8 Å². The monoisotopic (exact) mass is 333 g/mol. The molecule has 0 spiro atoms. The minimum Gasteiger partial charge on any atom is -0.393 e. The van der Waals surface area contributed by atoms with Crippen molar-refractivity contribution in [3.05, 3.63) is 22.4 Å². The van der Waals surface area contributed by atoms with Crippen LogP contribution in [0.3, 0.4) is 0 Å². The molecule has 2 N–H and O–H groups in total. The highest BCUT2D eigenvalue weighted by atomic mass is 32.2. The van der Waals surface area contributed by atoms with Crippen LogP contribution in [0.15, 0.2) is 5.03 Å². The second-order valence-corrected chi connectivity index (χ2v) is 7.06. The first-order chi connectivity index (χ1) is 10.9. The number of hydrogen-bond donors (Lipinski definition) is 2. The number of rotatable bonds is 4. The summed E-state index contributed by atoms with van der Waals surface area (Å²) in [5.74, 6) is 0.209. The molecule has 1 aromatic rings. The van der Waals surface area contributed by atoms with Gasteiger partial charge in [-0.15, -0.1) is 0 Å². The van der Waals surface area contributed by atoms with E-state index >= 15 is 0 Å². The molecule has 0 saturated heterocycles. The lowest BCUT2D eigenvalue weighted by molar-refractivity contribution is -0.119. The number of aromatic nitrogens is 1. The van der Waals surface area contributed by atoms with Gasteiger partial charge in [0.05, 0.1) is 17.4 Å². The van der Waals surface area contributed by atoms with E-state index in [0.717, 1.165) is 42.5 Å². The molecule has 1 heterocycles. The summed E-state index contributed by atoms with van der Waals surface area (Å²) in [5, 5.41) is 22.5. The van der Waals surface area contributed by atoms with Crippen molar-refractivity contribution in [1.29, 1.82) is 5.26 Å². The predicted octanol–water partition coefficient (Wildman–Crippen LogP) is 2.39. The fourth-order valence-corrected chi connectivity index (χ4v) is 3.67. The molecule has 1 fully saturated rings. The molecule has 5 nitrogen and oxygen atoms in total. The van der Waals surface area contributed by atoms with Gasteiger partial charge < -0.3 is 10.4 Å². The molecule has 1 saturated carbocycles. The van der Waals surface area contributed by atoms with Crippen molar-refractivity contribution in [3.63, 3.8) is 0 Å². The van der Waals surface area contributed by atoms with Crippen molar-refractivity contribution in [1.82, 2.24) is 10.3 Å². The molecular formula is C17H23N3O2S. The molecule has 0 unspecified atom stereocenters. The van der Waals surface area contributed by atoms with Crippen LogP contribution in [0.4, 0.5) is 0 Å². The number of thioether (sulfide) groups is 1. The standard InChI is InChI=1S/C17H23N3O2S/c1-10-11(2)15(8-18)17(19-12(10)3)23-9-16(22)20-13-4-6-14(21)7-5-13/h13-14,21H,4-7,9H2,1-3H3,(H,20,22). The summed E-state index contributed by atoms with van der Waals surface area (Å²) in [6.07, 6.45) is 2.91. The fourth-order valence-electron chi connectivity index (χ4n) is 2.77. The van der Waals surface area contributed by atoms with E-state index in [4.69, 9.17) is 0 Å². The second-order valence-electron chi connectivity index (χ2n) is 6.10. The van der Waals surface area contributed by atoms with Gasteiger partial charge in [-0.25, -0.2) is 4.98 Å². The third-order valence-electron chi connectivity index (χ3n) is 4.48. The van der Waals surface area contributed by atoms with E-state index in [0.29, 0.717) is 10.6 Å². The Hall–Kier alpha value is -1.58. The van der Waals surface area contributed by atoms with E-state index in [9.17, 15) is 15.2 Å². The molecule has 1 amide bonds. The summed E-state index contributed by atoms with van der Waals surface area (Å²) in [6, 6.07) is 2.35. The lowest BCUT2D eigenvalue weighted by atomic mass is 9.93. The maximum Gasteiger partial charge on any atom is 0.230 e. The van der Waals surface area contributed by atoms with Gasteiger partial charge in [0.1, 0.15) is 11.1 Å². The summed E-state index contributed by atoms with van der Waals surface area (Å²) in [4.78, 5) is 16.6. The number of carbonyl (C=O) groups excluding carboxylic acids is 1. The van der Waals surface area contributed by atoms with E-state index < -0.39 is 0 Å². The smallest absolute Gasteiger partial charge is 0.230 e. The summed E-state index contributed by atoms with van der Waals surface area (Å²) in [7, 11) is 0. The van der Waals surface area contributed by atoms with Crippen LogP contribution in [0.5, 0.6) is 0 Å². The predicted molar refractivity (Wildman–Crippen MR) is 90.3 cm³/mol. The highest BCUT2D eigenvalue weighted by molar-refractivity contribution is 8.00. The number of aliphatic hydroxyl groups excluding tert-OH is 1. The van der Waals surface area contributed by atoms with Crippen molar-refractivity contribution < 1.29 is 9.90 Å². The molecule has 0 atom stereocenters. The molecule has 0 aliphatic heterocycles. The largest absolute Gasteiger partial charge is 0.393 e. The minimum absolute atomic E-state index is 0.0436. The highest BCUT2D eigenvalue weighted by Gasteiger charge is 2.21. The summed E-state index contributed by atoms with van der Waals surface area (Å²) < 4.78 is 0. The Balaban J connectivity index is 1.96. The normalized spacial score (nSPS) is 20.8. The number of nitrogens with zero attached hydrogens (tertiary/aromatic N) is 2. The van der Waals surface area contributed by atoms with E-state index in [2.05, 4.69) is 16.4 Å². The Morgan fingerprint density at radius 3 is 2.57 bits per heavy atom. The molecule has 0 bridgehead atoms. The number of nitriles is 1. The Bertz CT molecular complexity index is 632. The summed E-state index contributed by atoms with van der Waals surface area (Å²) >= 11 is 1.31. The van der Waals surface area contributed by atoms with Crippen molar-refractivity contribution in [2.24, 2.45) is 0 Å². The Labute approximate surface area is 141 Å². The van der Waals surface area contributed by atoms with Gasteiger partial charge in [0.25, 0.3) is 0 Å². The molecule has 2 rings (SSSR count). The van der Waals surface area contributed by atoms with Gasteiger partial charge in [-0.3, -0.25) is 4.79 Å². The van der Waals surface area contributed by atoms with Crippen molar-refractivity contribution >= 4 is 17.7 Å². The van der Waals surface area contributed by atoms with E-state index in [1.807, 2.05) is 20.8 Å². The molecule has 6 heteroatoms. The van der Waals surface area contributed by atoms with Gasteiger partial charge in [-0.2, -0.15) is 5.26 Å². The highest BCUT2D eigenvalue weighted by Crippen LogP contribution is 2.26. The quantitative estimate of drug-likeness (QED) is 0.826. The number of carbonyl (C=O) groups is 1. The zero-order valence-electron chi connectivity index (χ0n) is 13.8. The summed E-state index contributed by atoms with van der Waals surface area (Å²) in [5.41, 5.74) is 3.41. The van der Waals surface area contributed by atoms with Gasteiger partial charge in [-0.05, 0) is 57.6 Å². The van der Waals surface area contributed by atoms with Gasteiger partial charge >= 0.3 is 0 Å². The SMILES string of the molecule is Cc1nc(SCC(=O)NC2CCC(O)CC2)c(C#N)c(C)c1C. The van der Waals surface area contributed by atoms with Gasteiger partial charge in [0.15, 0.2) is 0 Å². The number of nitrogens with one attached hydrogen (secondary N) is 1. The molecule has 124 valence electrons. The fraction of sp³-hybridized carbons (Fsp3) is 0.588. The zero-order valence-corrected chi connectivity index (χ0v) is 14.7. The maximum absolute atomic E-state index is 12.1. The molecule has 0 radical (unpaired) electrons. The van der Waals surface area contributed by atoms with Crippen molar-refractivity contribution in [2.45, 2.75) is 63.6 Å². The van der Waals surface area contributed by atoms with Crippen LogP contribution in [0, 0.1) is 32.1 Å². The number of hydrogen-bond acceptors (Lipinski definition) is 5. The average Bonchev–Trinajstić information content (AvgIpc) is 2.53. The number of aliphatic hydroxyl groups is 1. The lowest BCUT2D eigenvalue weighted by Gasteiger charge is -2.26. The minimum atomic E-state index is -0.224. The lowest BCUT2D eigenvalue weighted by Crippen LogP contribution is -2.39. The summed E-state index contributed by atoms with van der Waals surface area (Å²) in [6.45, 7) is 5.79.